The van der Waals surface area contributed by atoms with E-state index in [0.717, 1.165) is 10.2 Å². The van der Waals surface area contributed by atoms with E-state index in [9.17, 15) is 13.2 Å². The van der Waals surface area contributed by atoms with Crippen LogP contribution < -0.4 is 14.8 Å². The number of nitrogens with one attached hydrogen (secondary N) is 1. The first-order valence-electron chi connectivity index (χ1n) is 11.0. The molecule has 0 aliphatic rings. The van der Waals surface area contributed by atoms with Gasteiger partial charge < -0.3 is 14.8 Å². The molecule has 0 aliphatic carbocycles. The van der Waals surface area contributed by atoms with Crippen LogP contribution in [-0.4, -0.2) is 45.4 Å². The minimum atomic E-state index is -3.65. The highest BCUT2D eigenvalue weighted by atomic mass is 79.9. The third kappa shape index (κ3) is 7.19. The Labute approximate surface area is 205 Å². The van der Waals surface area contributed by atoms with Crippen LogP contribution in [0.2, 0.25) is 0 Å². The van der Waals surface area contributed by atoms with Crippen LogP contribution >= 0.6 is 15.9 Å². The minimum Gasteiger partial charge on any atom is -0.495 e. The molecule has 2 aromatic carbocycles. The van der Waals surface area contributed by atoms with Gasteiger partial charge in [-0.3, -0.25) is 4.79 Å². The summed E-state index contributed by atoms with van der Waals surface area (Å²) >= 11 is 3.53. The van der Waals surface area contributed by atoms with Gasteiger partial charge in [0.15, 0.2) is 0 Å². The second-order valence-electron chi connectivity index (χ2n) is 7.80. The molecule has 0 heterocycles. The number of halogens is 1. The SMILES string of the molecule is CCN(CC)S(=O)(=O)c1ccc(OC)c(NC(=O)CCCOc2ccc(C(C)C)cc2Br)c1. The van der Waals surface area contributed by atoms with Crippen LogP contribution in [0.4, 0.5) is 5.69 Å². The van der Waals surface area contributed by atoms with Gasteiger partial charge in [0.2, 0.25) is 15.9 Å². The van der Waals surface area contributed by atoms with Crippen molar-refractivity contribution < 1.29 is 22.7 Å². The first kappa shape index (κ1) is 27.1. The van der Waals surface area contributed by atoms with Crippen LogP contribution in [0.15, 0.2) is 45.8 Å². The van der Waals surface area contributed by atoms with Gasteiger partial charge in [0, 0.05) is 19.5 Å². The zero-order valence-electron chi connectivity index (χ0n) is 19.9. The fraction of sp³-hybridized carbons (Fsp3) is 0.458. The van der Waals surface area contributed by atoms with Crippen molar-refractivity contribution in [3.05, 3.63) is 46.4 Å². The summed E-state index contributed by atoms with van der Waals surface area (Å²) in [4.78, 5) is 12.6. The zero-order valence-corrected chi connectivity index (χ0v) is 22.3. The molecule has 0 bridgehead atoms. The minimum absolute atomic E-state index is 0.111. The van der Waals surface area contributed by atoms with E-state index in [2.05, 4.69) is 35.1 Å². The Kier molecular flexibility index (Phi) is 10.2. The number of amides is 1. The van der Waals surface area contributed by atoms with E-state index in [1.54, 1.807) is 19.9 Å². The number of sulfonamides is 1. The first-order chi connectivity index (χ1) is 15.6. The van der Waals surface area contributed by atoms with Crippen molar-refractivity contribution in [2.75, 3.05) is 32.1 Å². The van der Waals surface area contributed by atoms with E-state index in [0.29, 0.717) is 43.5 Å². The summed E-state index contributed by atoms with van der Waals surface area (Å²) in [6, 6.07) is 10.5. The highest BCUT2D eigenvalue weighted by molar-refractivity contribution is 9.10. The largest absolute Gasteiger partial charge is 0.495 e. The number of anilines is 1. The number of hydrogen-bond acceptors (Lipinski definition) is 5. The molecule has 0 fully saturated rings. The maximum Gasteiger partial charge on any atom is 0.243 e. The van der Waals surface area contributed by atoms with Crippen molar-refractivity contribution in [3.8, 4) is 11.5 Å². The van der Waals surface area contributed by atoms with Crippen LogP contribution in [0.25, 0.3) is 0 Å². The van der Waals surface area contributed by atoms with Gasteiger partial charge in [-0.2, -0.15) is 4.31 Å². The summed E-state index contributed by atoms with van der Waals surface area (Å²) in [5, 5.41) is 2.77. The molecule has 0 radical (unpaired) electrons. The molecule has 33 heavy (non-hydrogen) atoms. The van der Waals surface area contributed by atoms with Gasteiger partial charge in [0.05, 0.1) is 28.8 Å². The topological polar surface area (TPSA) is 84.9 Å². The zero-order chi connectivity index (χ0) is 24.6. The number of ether oxygens (including phenoxy) is 2. The average Bonchev–Trinajstić information content (AvgIpc) is 2.78. The maximum atomic E-state index is 12.8. The number of carbonyl (C=O) groups is 1. The molecule has 0 unspecified atom stereocenters. The molecule has 1 amide bonds. The van der Waals surface area contributed by atoms with Gasteiger partial charge >= 0.3 is 0 Å². The quantitative estimate of drug-likeness (QED) is 0.364. The van der Waals surface area contributed by atoms with Gasteiger partial charge in [-0.05, 0) is 64.2 Å². The standard InChI is InChI=1S/C24H33BrN2O5S/c1-6-27(7-2)33(29,30)19-11-13-23(31-5)21(16-19)26-24(28)9-8-14-32-22-12-10-18(17(3)4)15-20(22)25/h10-13,15-17H,6-9,14H2,1-5H3,(H,26,28). The Morgan fingerprint density at radius 1 is 1.09 bits per heavy atom. The molecule has 182 valence electrons. The number of methoxy groups -OCH3 is 1. The van der Waals surface area contributed by atoms with Gasteiger partial charge in [0.25, 0.3) is 0 Å². The van der Waals surface area contributed by atoms with Gasteiger partial charge in [-0.25, -0.2) is 8.42 Å². The van der Waals surface area contributed by atoms with E-state index in [4.69, 9.17) is 9.47 Å². The third-order valence-corrected chi connectivity index (χ3v) is 7.88. The van der Waals surface area contributed by atoms with Crippen molar-refractivity contribution in [3.63, 3.8) is 0 Å². The second-order valence-corrected chi connectivity index (χ2v) is 10.6. The Morgan fingerprint density at radius 2 is 1.76 bits per heavy atom. The summed E-state index contributed by atoms with van der Waals surface area (Å²) in [5.41, 5.74) is 1.54. The highest BCUT2D eigenvalue weighted by Gasteiger charge is 2.23. The van der Waals surface area contributed by atoms with E-state index < -0.39 is 10.0 Å². The smallest absolute Gasteiger partial charge is 0.243 e. The van der Waals surface area contributed by atoms with Crippen molar-refractivity contribution in [2.45, 2.75) is 51.3 Å². The van der Waals surface area contributed by atoms with Crippen molar-refractivity contribution >= 4 is 37.5 Å². The Hall–Kier alpha value is -2.10. The lowest BCUT2D eigenvalue weighted by Crippen LogP contribution is -2.30. The van der Waals surface area contributed by atoms with E-state index in [1.165, 1.54) is 29.1 Å². The summed E-state index contributed by atoms with van der Waals surface area (Å²) < 4.78 is 39.0. The molecule has 0 aliphatic heterocycles. The van der Waals surface area contributed by atoms with Crippen LogP contribution in [0.1, 0.15) is 52.0 Å². The van der Waals surface area contributed by atoms with Crippen molar-refractivity contribution in [2.24, 2.45) is 0 Å². The fourth-order valence-corrected chi connectivity index (χ4v) is 5.27. The molecule has 2 rings (SSSR count). The van der Waals surface area contributed by atoms with Crippen LogP contribution in [0.5, 0.6) is 11.5 Å². The van der Waals surface area contributed by atoms with Crippen LogP contribution in [0, 0.1) is 0 Å². The molecule has 9 heteroatoms. The molecule has 0 aromatic heterocycles. The lowest BCUT2D eigenvalue weighted by molar-refractivity contribution is -0.116. The number of carbonyl (C=O) groups excluding carboxylic acids is 1. The van der Waals surface area contributed by atoms with Crippen LogP contribution in [-0.2, 0) is 14.8 Å². The van der Waals surface area contributed by atoms with E-state index >= 15 is 0 Å². The number of nitrogens with zero attached hydrogens (tertiary/aromatic N) is 1. The maximum absolute atomic E-state index is 12.8. The number of benzene rings is 2. The molecule has 2 aromatic rings. The summed E-state index contributed by atoms with van der Waals surface area (Å²) in [6.45, 7) is 8.93. The Bertz CT molecular complexity index is 1050. The normalized spacial score (nSPS) is 11.6. The number of rotatable bonds is 12. The first-order valence-corrected chi connectivity index (χ1v) is 13.3. The van der Waals surface area contributed by atoms with Crippen molar-refractivity contribution in [1.82, 2.24) is 4.31 Å². The number of hydrogen-bond donors (Lipinski definition) is 1. The lowest BCUT2D eigenvalue weighted by Gasteiger charge is -2.19. The molecule has 0 saturated carbocycles. The van der Waals surface area contributed by atoms with Crippen LogP contribution in [0.3, 0.4) is 0 Å². The van der Waals surface area contributed by atoms with E-state index in [1.807, 2.05) is 18.2 Å². The summed E-state index contributed by atoms with van der Waals surface area (Å²) in [6.07, 6.45) is 0.724. The summed E-state index contributed by atoms with van der Waals surface area (Å²) in [5.74, 6) is 1.31. The van der Waals surface area contributed by atoms with Gasteiger partial charge in [-0.1, -0.05) is 33.8 Å². The molecular weight excluding hydrogens is 508 g/mol. The molecule has 0 spiro atoms. The predicted molar refractivity (Wildman–Crippen MR) is 135 cm³/mol. The van der Waals surface area contributed by atoms with Gasteiger partial charge in [-0.15, -0.1) is 0 Å². The predicted octanol–water partition coefficient (Wildman–Crippen LogP) is 5.41. The van der Waals surface area contributed by atoms with Gasteiger partial charge in [0.1, 0.15) is 11.5 Å². The summed E-state index contributed by atoms with van der Waals surface area (Å²) in [7, 11) is -2.17. The Balaban J connectivity index is 1.99. The van der Waals surface area contributed by atoms with E-state index in [-0.39, 0.29) is 17.2 Å². The monoisotopic (exact) mass is 540 g/mol. The lowest BCUT2D eigenvalue weighted by atomic mass is 10.0. The molecular formula is C24H33BrN2O5S. The molecule has 1 N–H and O–H groups in total. The Morgan fingerprint density at radius 3 is 2.33 bits per heavy atom. The fourth-order valence-electron chi connectivity index (χ4n) is 3.28. The molecule has 0 saturated heterocycles. The highest BCUT2D eigenvalue weighted by Crippen LogP contribution is 2.30. The second kappa shape index (κ2) is 12.4. The molecule has 7 nitrogen and oxygen atoms in total. The molecule has 0 atom stereocenters. The average molecular weight is 542 g/mol. The van der Waals surface area contributed by atoms with Crippen molar-refractivity contribution in [1.29, 1.82) is 0 Å². The third-order valence-electron chi connectivity index (χ3n) is 5.22.